The highest BCUT2D eigenvalue weighted by Gasteiger charge is 2.16. The summed E-state index contributed by atoms with van der Waals surface area (Å²) in [7, 11) is 0. The molecule has 1 aliphatic rings. The van der Waals surface area contributed by atoms with E-state index in [-0.39, 0.29) is 12.1 Å². The Hall–Kier alpha value is -1.75. The van der Waals surface area contributed by atoms with E-state index in [1.165, 1.54) is 0 Å². The predicted octanol–water partition coefficient (Wildman–Crippen LogP) is 3.08. The van der Waals surface area contributed by atoms with E-state index in [1.54, 1.807) is 0 Å². The number of amides is 2. The Morgan fingerprint density at radius 2 is 2.33 bits per heavy atom. The minimum Gasteiger partial charge on any atom is -0.491 e. The van der Waals surface area contributed by atoms with Crippen LogP contribution in [0.25, 0.3) is 0 Å². The molecule has 1 unspecified atom stereocenters. The van der Waals surface area contributed by atoms with Gasteiger partial charge in [0, 0.05) is 13.2 Å². The number of urea groups is 1. The van der Waals surface area contributed by atoms with Crippen molar-refractivity contribution in [2.24, 2.45) is 0 Å². The van der Waals surface area contributed by atoms with Crippen LogP contribution in [0.5, 0.6) is 5.75 Å². The smallest absolute Gasteiger partial charge is 0.319 e. The van der Waals surface area contributed by atoms with Crippen LogP contribution in [0.2, 0.25) is 0 Å². The molecule has 2 amide bonds. The second-order valence-corrected chi connectivity index (χ2v) is 5.32. The molecular formula is C16H24N2O3. The molecule has 1 aliphatic heterocycles. The Morgan fingerprint density at radius 3 is 3.05 bits per heavy atom. The highest BCUT2D eigenvalue weighted by atomic mass is 16.5. The number of carbonyl (C=O) groups excluding carboxylic acids is 1. The molecular weight excluding hydrogens is 268 g/mol. The summed E-state index contributed by atoms with van der Waals surface area (Å²) in [6, 6.07) is 5.53. The minimum absolute atomic E-state index is 0.143. The molecule has 1 saturated heterocycles. The average molecular weight is 292 g/mol. The van der Waals surface area contributed by atoms with E-state index in [4.69, 9.17) is 9.47 Å². The van der Waals surface area contributed by atoms with Gasteiger partial charge in [-0.15, -0.1) is 0 Å². The third-order valence-corrected chi connectivity index (χ3v) is 3.36. The number of hydrogen-bond donors (Lipinski definition) is 2. The molecule has 2 rings (SSSR count). The number of rotatable bonds is 6. The number of carbonyl (C=O) groups is 1. The Kier molecular flexibility index (Phi) is 5.87. The normalized spacial score (nSPS) is 17.5. The molecule has 2 N–H and O–H groups in total. The quantitative estimate of drug-likeness (QED) is 0.847. The van der Waals surface area contributed by atoms with Gasteiger partial charge in [-0.05, 0) is 43.9 Å². The van der Waals surface area contributed by atoms with E-state index in [2.05, 4.69) is 17.6 Å². The van der Waals surface area contributed by atoms with Crippen LogP contribution in [0.15, 0.2) is 18.2 Å². The predicted molar refractivity (Wildman–Crippen MR) is 83.0 cm³/mol. The number of aryl methyl sites for hydroxylation is 1. The maximum absolute atomic E-state index is 11.9. The van der Waals surface area contributed by atoms with Crippen molar-refractivity contribution < 1.29 is 14.3 Å². The average Bonchev–Trinajstić information content (AvgIpc) is 2.98. The molecule has 0 saturated carbocycles. The van der Waals surface area contributed by atoms with Crippen molar-refractivity contribution in [2.45, 2.75) is 39.2 Å². The summed E-state index contributed by atoms with van der Waals surface area (Å²) in [6.45, 7) is 6.02. The Balaban J connectivity index is 1.89. The summed E-state index contributed by atoms with van der Waals surface area (Å²) < 4.78 is 11.2. The summed E-state index contributed by atoms with van der Waals surface area (Å²) in [5, 5.41) is 5.68. The lowest BCUT2D eigenvalue weighted by molar-refractivity contribution is 0.112. The third-order valence-electron chi connectivity index (χ3n) is 3.36. The molecule has 0 bridgehead atoms. The first-order valence-corrected chi connectivity index (χ1v) is 7.59. The van der Waals surface area contributed by atoms with Crippen molar-refractivity contribution >= 4 is 11.7 Å². The Bertz CT molecular complexity index is 471. The first-order chi connectivity index (χ1) is 10.2. The van der Waals surface area contributed by atoms with Crippen molar-refractivity contribution in [1.82, 2.24) is 5.32 Å². The maximum atomic E-state index is 11.9. The van der Waals surface area contributed by atoms with E-state index < -0.39 is 0 Å². The van der Waals surface area contributed by atoms with Gasteiger partial charge >= 0.3 is 6.03 Å². The molecule has 0 spiro atoms. The van der Waals surface area contributed by atoms with Gasteiger partial charge in [0.2, 0.25) is 0 Å². The molecule has 0 aromatic heterocycles. The van der Waals surface area contributed by atoms with Crippen molar-refractivity contribution in [3.8, 4) is 5.75 Å². The standard InChI is InChI=1S/C16H24N2O3/c1-3-8-21-15-10-12(2)6-7-14(15)18-16(19)17-11-13-5-4-9-20-13/h6-7,10,13H,3-5,8-9,11H2,1-2H3,(H2,17,18,19). The largest absolute Gasteiger partial charge is 0.491 e. The number of nitrogens with one attached hydrogen (secondary N) is 2. The Morgan fingerprint density at radius 1 is 1.48 bits per heavy atom. The zero-order chi connectivity index (χ0) is 15.1. The van der Waals surface area contributed by atoms with Crippen molar-refractivity contribution in [2.75, 3.05) is 25.1 Å². The van der Waals surface area contributed by atoms with Gasteiger partial charge in [-0.1, -0.05) is 13.0 Å². The summed E-state index contributed by atoms with van der Waals surface area (Å²) in [4.78, 5) is 11.9. The van der Waals surface area contributed by atoms with Crippen molar-refractivity contribution in [1.29, 1.82) is 0 Å². The van der Waals surface area contributed by atoms with Crippen LogP contribution in [0.4, 0.5) is 10.5 Å². The fraction of sp³-hybridized carbons (Fsp3) is 0.562. The van der Waals surface area contributed by atoms with Crippen LogP contribution in [0, 0.1) is 6.92 Å². The minimum atomic E-state index is -0.226. The molecule has 1 fully saturated rings. The van der Waals surface area contributed by atoms with Crippen LogP contribution >= 0.6 is 0 Å². The topological polar surface area (TPSA) is 59.6 Å². The summed E-state index contributed by atoms with van der Waals surface area (Å²) in [5.74, 6) is 0.712. The number of ether oxygens (including phenoxy) is 2. The van der Waals surface area contributed by atoms with E-state index >= 15 is 0 Å². The van der Waals surface area contributed by atoms with Crippen LogP contribution in [0.1, 0.15) is 31.7 Å². The fourth-order valence-corrected chi connectivity index (χ4v) is 2.24. The van der Waals surface area contributed by atoms with Gasteiger partial charge in [-0.2, -0.15) is 0 Å². The molecule has 116 valence electrons. The zero-order valence-electron chi connectivity index (χ0n) is 12.8. The highest BCUT2D eigenvalue weighted by molar-refractivity contribution is 5.91. The van der Waals surface area contributed by atoms with Crippen molar-refractivity contribution in [3.63, 3.8) is 0 Å². The SMILES string of the molecule is CCCOc1cc(C)ccc1NC(=O)NCC1CCCO1. The fourth-order valence-electron chi connectivity index (χ4n) is 2.24. The summed E-state index contributed by atoms with van der Waals surface area (Å²) in [6.07, 6.45) is 3.15. The van der Waals surface area contributed by atoms with Gasteiger partial charge in [0.15, 0.2) is 0 Å². The second kappa shape index (κ2) is 7.88. The van der Waals surface area contributed by atoms with E-state index in [9.17, 15) is 4.79 Å². The van der Waals surface area contributed by atoms with E-state index in [1.807, 2.05) is 25.1 Å². The van der Waals surface area contributed by atoms with Gasteiger partial charge in [0.1, 0.15) is 5.75 Å². The lowest BCUT2D eigenvalue weighted by Gasteiger charge is -2.15. The highest BCUT2D eigenvalue weighted by Crippen LogP contribution is 2.25. The molecule has 5 heteroatoms. The van der Waals surface area contributed by atoms with Crippen molar-refractivity contribution in [3.05, 3.63) is 23.8 Å². The first-order valence-electron chi connectivity index (χ1n) is 7.59. The molecule has 1 aromatic carbocycles. The van der Waals surface area contributed by atoms with Crippen LogP contribution in [-0.4, -0.2) is 31.9 Å². The molecule has 1 aromatic rings. The van der Waals surface area contributed by atoms with Gasteiger partial charge < -0.3 is 20.1 Å². The molecule has 21 heavy (non-hydrogen) atoms. The number of hydrogen-bond acceptors (Lipinski definition) is 3. The van der Waals surface area contributed by atoms with E-state index in [0.29, 0.717) is 24.6 Å². The Labute approximate surface area is 126 Å². The van der Waals surface area contributed by atoms with Gasteiger partial charge in [0.25, 0.3) is 0 Å². The first kappa shape index (κ1) is 15.6. The van der Waals surface area contributed by atoms with Crippen LogP contribution < -0.4 is 15.4 Å². The zero-order valence-corrected chi connectivity index (χ0v) is 12.8. The lowest BCUT2D eigenvalue weighted by atomic mass is 10.2. The van der Waals surface area contributed by atoms with Crippen LogP contribution in [-0.2, 0) is 4.74 Å². The summed E-state index contributed by atoms with van der Waals surface area (Å²) in [5.41, 5.74) is 1.80. The monoisotopic (exact) mass is 292 g/mol. The molecule has 5 nitrogen and oxygen atoms in total. The third kappa shape index (κ3) is 4.93. The molecule has 0 radical (unpaired) electrons. The summed E-state index contributed by atoms with van der Waals surface area (Å²) >= 11 is 0. The van der Waals surface area contributed by atoms with Gasteiger partial charge in [0.05, 0.1) is 18.4 Å². The number of anilines is 1. The molecule has 0 aliphatic carbocycles. The van der Waals surface area contributed by atoms with Gasteiger partial charge in [-0.3, -0.25) is 0 Å². The second-order valence-electron chi connectivity index (χ2n) is 5.32. The molecule has 1 heterocycles. The molecule has 1 atom stereocenters. The van der Waals surface area contributed by atoms with Gasteiger partial charge in [-0.25, -0.2) is 4.79 Å². The van der Waals surface area contributed by atoms with E-state index in [0.717, 1.165) is 31.4 Å². The maximum Gasteiger partial charge on any atom is 0.319 e. The number of benzene rings is 1. The lowest BCUT2D eigenvalue weighted by Crippen LogP contribution is -2.35. The van der Waals surface area contributed by atoms with Crippen LogP contribution in [0.3, 0.4) is 0 Å².